The average molecular weight is 226 g/mol. The number of carbonyl (C=O) groups is 1. The maximum Gasteiger partial charge on any atom is 0.233 e. The van der Waals surface area contributed by atoms with Crippen molar-refractivity contribution in [2.75, 3.05) is 19.6 Å². The van der Waals surface area contributed by atoms with Crippen LogP contribution in [0.5, 0.6) is 0 Å². The summed E-state index contributed by atoms with van der Waals surface area (Å²) in [5.74, 6) is 0.775. The largest absolute Gasteiger partial charge is 0.389 e. The van der Waals surface area contributed by atoms with Crippen LogP contribution in [0, 0.1) is 5.92 Å². The molecule has 4 heteroatoms. The molecule has 0 spiro atoms. The number of hydrogen-bond donors (Lipinski definition) is 3. The monoisotopic (exact) mass is 226 g/mol. The van der Waals surface area contributed by atoms with Crippen molar-refractivity contribution in [1.82, 2.24) is 10.6 Å². The fraction of sp³-hybridized carbons (Fsp3) is 0.917. The van der Waals surface area contributed by atoms with Crippen LogP contribution in [0.25, 0.3) is 0 Å². The second kappa shape index (κ2) is 5.15. The lowest BCUT2D eigenvalue weighted by Crippen LogP contribution is -2.42. The van der Waals surface area contributed by atoms with Crippen LogP contribution in [0.15, 0.2) is 0 Å². The van der Waals surface area contributed by atoms with Crippen LogP contribution in [0.1, 0.15) is 38.5 Å². The zero-order chi connectivity index (χ0) is 11.4. The Morgan fingerprint density at radius 3 is 2.62 bits per heavy atom. The highest BCUT2D eigenvalue weighted by Gasteiger charge is 2.30. The first kappa shape index (κ1) is 11.9. The van der Waals surface area contributed by atoms with Crippen LogP contribution < -0.4 is 10.6 Å². The minimum Gasteiger partial charge on any atom is -0.389 e. The molecule has 1 amide bonds. The summed E-state index contributed by atoms with van der Waals surface area (Å²) in [5, 5.41) is 16.0. The van der Waals surface area contributed by atoms with Crippen molar-refractivity contribution < 1.29 is 9.90 Å². The topological polar surface area (TPSA) is 61.4 Å². The van der Waals surface area contributed by atoms with Crippen LogP contribution in [0.4, 0.5) is 0 Å². The highest BCUT2D eigenvalue weighted by molar-refractivity contribution is 5.77. The van der Waals surface area contributed by atoms with Crippen molar-refractivity contribution in [3.05, 3.63) is 0 Å². The molecule has 0 bridgehead atoms. The standard InChI is InChI=1S/C12H22N2O2/c15-11(14-7-10-3-4-10)8-13-9-12(16)5-1-2-6-12/h10,13,16H,1-9H2,(H,14,15). The minimum atomic E-state index is -0.559. The molecule has 0 aromatic carbocycles. The van der Waals surface area contributed by atoms with E-state index >= 15 is 0 Å². The van der Waals surface area contributed by atoms with Crippen LogP contribution in [0.3, 0.4) is 0 Å². The summed E-state index contributed by atoms with van der Waals surface area (Å²) >= 11 is 0. The Morgan fingerprint density at radius 2 is 2.00 bits per heavy atom. The molecule has 2 rings (SSSR count). The third-order valence-electron chi connectivity index (χ3n) is 3.56. The maximum absolute atomic E-state index is 11.4. The molecule has 2 aliphatic rings. The molecule has 0 radical (unpaired) electrons. The van der Waals surface area contributed by atoms with Gasteiger partial charge in [-0.1, -0.05) is 12.8 Å². The van der Waals surface area contributed by atoms with E-state index in [1.54, 1.807) is 0 Å². The number of aliphatic hydroxyl groups is 1. The lowest BCUT2D eigenvalue weighted by atomic mass is 10.0. The van der Waals surface area contributed by atoms with Crippen molar-refractivity contribution in [3.63, 3.8) is 0 Å². The zero-order valence-corrected chi connectivity index (χ0v) is 9.80. The van der Waals surface area contributed by atoms with Crippen LogP contribution in [-0.2, 0) is 4.79 Å². The molecule has 2 aliphatic carbocycles. The van der Waals surface area contributed by atoms with E-state index in [0.29, 0.717) is 13.1 Å². The van der Waals surface area contributed by atoms with Gasteiger partial charge in [0.1, 0.15) is 0 Å². The molecule has 92 valence electrons. The molecule has 0 aromatic rings. The van der Waals surface area contributed by atoms with Gasteiger partial charge in [-0.15, -0.1) is 0 Å². The van der Waals surface area contributed by atoms with Gasteiger partial charge in [-0.25, -0.2) is 0 Å². The molecular weight excluding hydrogens is 204 g/mol. The normalized spacial score (nSPS) is 23.3. The number of nitrogens with one attached hydrogen (secondary N) is 2. The van der Waals surface area contributed by atoms with Crippen molar-refractivity contribution in [3.8, 4) is 0 Å². The molecule has 2 saturated carbocycles. The van der Waals surface area contributed by atoms with Gasteiger partial charge in [-0.2, -0.15) is 0 Å². The summed E-state index contributed by atoms with van der Waals surface area (Å²) in [7, 11) is 0. The molecule has 0 saturated heterocycles. The molecule has 0 atom stereocenters. The second-order valence-corrected chi connectivity index (χ2v) is 5.28. The quantitative estimate of drug-likeness (QED) is 0.614. The Balaban J connectivity index is 1.54. The molecule has 0 aliphatic heterocycles. The Bertz CT molecular complexity index is 245. The molecule has 16 heavy (non-hydrogen) atoms. The lowest BCUT2D eigenvalue weighted by Gasteiger charge is -2.22. The van der Waals surface area contributed by atoms with E-state index in [1.807, 2.05) is 0 Å². The second-order valence-electron chi connectivity index (χ2n) is 5.28. The van der Waals surface area contributed by atoms with Gasteiger partial charge in [-0.3, -0.25) is 4.79 Å². The summed E-state index contributed by atoms with van der Waals surface area (Å²) in [6.45, 7) is 1.70. The molecule has 3 N–H and O–H groups in total. The fourth-order valence-electron chi connectivity index (χ4n) is 2.26. The third-order valence-corrected chi connectivity index (χ3v) is 3.56. The Kier molecular flexibility index (Phi) is 3.82. The van der Waals surface area contributed by atoms with Crippen molar-refractivity contribution in [2.24, 2.45) is 5.92 Å². The average Bonchev–Trinajstić information content (AvgIpc) is 2.99. The number of amides is 1. The lowest BCUT2D eigenvalue weighted by molar-refractivity contribution is -0.120. The van der Waals surface area contributed by atoms with Crippen LogP contribution in [0.2, 0.25) is 0 Å². The van der Waals surface area contributed by atoms with E-state index in [1.165, 1.54) is 12.8 Å². The Labute approximate surface area is 96.8 Å². The van der Waals surface area contributed by atoms with Gasteiger partial charge < -0.3 is 15.7 Å². The van der Waals surface area contributed by atoms with Gasteiger partial charge in [0.25, 0.3) is 0 Å². The van der Waals surface area contributed by atoms with Gasteiger partial charge in [0.15, 0.2) is 0 Å². The first-order chi connectivity index (χ1) is 7.68. The fourth-order valence-corrected chi connectivity index (χ4v) is 2.26. The number of rotatable bonds is 6. The van der Waals surface area contributed by atoms with E-state index in [9.17, 15) is 9.90 Å². The summed E-state index contributed by atoms with van der Waals surface area (Å²) in [6.07, 6.45) is 6.45. The molecule has 0 aromatic heterocycles. The van der Waals surface area contributed by atoms with Crippen molar-refractivity contribution in [2.45, 2.75) is 44.1 Å². The number of carbonyl (C=O) groups excluding carboxylic acids is 1. The van der Waals surface area contributed by atoms with Crippen molar-refractivity contribution in [1.29, 1.82) is 0 Å². The predicted octanol–water partition coefficient (Wildman–Crippen LogP) is 0.407. The molecule has 4 nitrogen and oxygen atoms in total. The van der Waals surface area contributed by atoms with Gasteiger partial charge in [0, 0.05) is 13.1 Å². The van der Waals surface area contributed by atoms with E-state index in [0.717, 1.165) is 38.1 Å². The number of hydrogen-bond acceptors (Lipinski definition) is 3. The highest BCUT2D eigenvalue weighted by Crippen LogP contribution is 2.28. The third kappa shape index (κ3) is 3.76. The van der Waals surface area contributed by atoms with Gasteiger partial charge >= 0.3 is 0 Å². The first-order valence-electron chi connectivity index (χ1n) is 6.38. The van der Waals surface area contributed by atoms with E-state index in [-0.39, 0.29) is 5.91 Å². The highest BCUT2D eigenvalue weighted by atomic mass is 16.3. The summed E-state index contributed by atoms with van der Waals surface area (Å²) in [4.78, 5) is 11.4. The summed E-state index contributed by atoms with van der Waals surface area (Å²) in [6, 6.07) is 0. The van der Waals surface area contributed by atoms with Crippen LogP contribution >= 0.6 is 0 Å². The zero-order valence-electron chi connectivity index (χ0n) is 9.80. The Morgan fingerprint density at radius 1 is 1.31 bits per heavy atom. The molecular formula is C12H22N2O2. The summed E-state index contributed by atoms with van der Waals surface area (Å²) in [5.41, 5.74) is -0.559. The van der Waals surface area contributed by atoms with E-state index in [2.05, 4.69) is 10.6 Å². The van der Waals surface area contributed by atoms with Gasteiger partial charge in [0.2, 0.25) is 5.91 Å². The summed E-state index contributed by atoms with van der Waals surface area (Å²) < 4.78 is 0. The van der Waals surface area contributed by atoms with Gasteiger partial charge in [0.05, 0.1) is 12.1 Å². The van der Waals surface area contributed by atoms with Gasteiger partial charge in [-0.05, 0) is 31.6 Å². The van der Waals surface area contributed by atoms with E-state index in [4.69, 9.17) is 0 Å². The SMILES string of the molecule is O=C(CNCC1(O)CCCC1)NCC1CC1. The van der Waals surface area contributed by atoms with Crippen LogP contribution in [-0.4, -0.2) is 36.2 Å². The molecule has 0 unspecified atom stereocenters. The molecule has 0 heterocycles. The predicted molar refractivity (Wildman–Crippen MR) is 62.0 cm³/mol. The first-order valence-corrected chi connectivity index (χ1v) is 6.38. The smallest absolute Gasteiger partial charge is 0.233 e. The molecule has 2 fully saturated rings. The van der Waals surface area contributed by atoms with Crippen molar-refractivity contribution >= 4 is 5.91 Å². The Hall–Kier alpha value is -0.610. The minimum absolute atomic E-state index is 0.0495. The maximum atomic E-state index is 11.4. The van der Waals surface area contributed by atoms with E-state index < -0.39 is 5.60 Å².